The van der Waals surface area contributed by atoms with Crippen LogP contribution in [0.3, 0.4) is 0 Å². The van der Waals surface area contributed by atoms with Crippen LogP contribution >= 0.6 is 0 Å². The molecule has 3 rings (SSSR count). The molecule has 5 nitrogen and oxygen atoms in total. The first-order valence-electron chi connectivity index (χ1n) is 9.66. The van der Waals surface area contributed by atoms with Crippen molar-refractivity contribution in [3.05, 3.63) is 30.1 Å². The number of hydrogen-bond acceptors (Lipinski definition) is 3. The summed E-state index contributed by atoms with van der Waals surface area (Å²) in [5.41, 5.74) is 0. The Morgan fingerprint density at radius 1 is 1.04 bits per heavy atom. The van der Waals surface area contributed by atoms with Gasteiger partial charge in [0, 0.05) is 42.1 Å². The van der Waals surface area contributed by atoms with Crippen LogP contribution in [-0.2, 0) is 20.4 Å². The Labute approximate surface area is 162 Å². The second kappa shape index (κ2) is 8.95. The Bertz CT molecular complexity index is 694. The van der Waals surface area contributed by atoms with Crippen molar-refractivity contribution in [1.29, 1.82) is 0 Å². The van der Waals surface area contributed by atoms with Crippen LogP contribution in [0.25, 0.3) is 0 Å². The highest BCUT2D eigenvalue weighted by molar-refractivity contribution is 7.85. The van der Waals surface area contributed by atoms with Crippen LogP contribution in [0.1, 0.15) is 45.4 Å². The van der Waals surface area contributed by atoms with Crippen molar-refractivity contribution in [2.75, 3.05) is 13.1 Å². The van der Waals surface area contributed by atoms with Crippen molar-refractivity contribution < 1.29 is 18.2 Å². The van der Waals surface area contributed by atoms with Gasteiger partial charge in [-0.1, -0.05) is 0 Å². The van der Waals surface area contributed by atoms with E-state index < -0.39 is 10.8 Å². The van der Waals surface area contributed by atoms with E-state index >= 15 is 0 Å². The molecule has 1 atom stereocenters. The molecule has 1 unspecified atom stereocenters. The van der Waals surface area contributed by atoms with Gasteiger partial charge < -0.3 is 10.2 Å². The molecule has 148 valence electrons. The average molecular weight is 395 g/mol. The number of nitrogens with zero attached hydrogens (tertiary/aromatic N) is 1. The fourth-order valence-electron chi connectivity index (χ4n) is 3.96. The molecule has 7 heteroatoms. The van der Waals surface area contributed by atoms with Crippen molar-refractivity contribution in [3.63, 3.8) is 0 Å². The van der Waals surface area contributed by atoms with Gasteiger partial charge in [-0.05, 0) is 62.8 Å². The fraction of sp³-hybridized carbons (Fsp3) is 0.600. The Hall–Kier alpha value is -1.76. The third-order valence-corrected chi connectivity index (χ3v) is 7.49. The molecule has 1 heterocycles. The van der Waals surface area contributed by atoms with Crippen molar-refractivity contribution in [1.82, 2.24) is 10.2 Å². The van der Waals surface area contributed by atoms with E-state index in [9.17, 15) is 18.2 Å². The fourth-order valence-corrected chi connectivity index (χ4v) is 5.45. The standard InChI is InChI=1S/C20H27FN2O3S/c1-14(24)23-12-10-15(11-13-23)20(25)22-17-4-8-19(9-5-17)27(26)18-6-2-16(21)3-7-18/h2-3,6-7,15,17,19H,4-5,8-13H2,1H3,(H,22,25). The van der Waals surface area contributed by atoms with Gasteiger partial charge in [0.15, 0.2) is 0 Å². The molecular weight excluding hydrogens is 367 g/mol. The van der Waals surface area contributed by atoms with Gasteiger partial charge >= 0.3 is 0 Å². The summed E-state index contributed by atoms with van der Waals surface area (Å²) in [6, 6.07) is 6.00. The first-order valence-corrected chi connectivity index (χ1v) is 10.9. The van der Waals surface area contributed by atoms with Crippen molar-refractivity contribution in [3.8, 4) is 0 Å². The topological polar surface area (TPSA) is 66.5 Å². The molecule has 0 radical (unpaired) electrons. The van der Waals surface area contributed by atoms with E-state index in [4.69, 9.17) is 0 Å². The van der Waals surface area contributed by atoms with E-state index in [0.29, 0.717) is 18.0 Å². The van der Waals surface area contributed by atoms with Gasteiger partial charge in [-0.2, -0.15) is 0 Å². The smallest absolute Gasteiger partial charge is 0.223 e. The summed E-state index contributed by atoms with van der Waals surface area (Å²) in [5.74, 6) is -0.189. The van der Waals surface area contributed by atoms with E-state index in [0.717, 1.165) is 38.5 Å². The molecule has 1 N–H and O–H groups in total. The number of rotatable bonds is 4. The van der Waals surface area contributed by atoms with Crippen LogP contribution in [0, 0.1) is 11.7 Å². The van der Waals surface area contributed by atoms with Crippen molar-refractivity contribution in [2.24, 2.45) is 5.92 Å². The summed E-state index contributed by atoms with van der Waals surface area (Å²) in [6.45, 7) is 2.86. The highest BCUT2D eigenvalue weighted by atomic mass is 32.2. The third kappa shape index (κ3) is 5.15. The highest BCUT2D eigenvalue weighted by Gasteiger charge is 2.30. The summed E-state index contributed by atoms with van der Waals surface area (Å²) in [5, 5.41) is 3.21. The van der Waals surface area contributed by atoms with Gasteiger partial charge in [-0.3, -0.25) is 13.8 Å². The zero-order valence-corrected chi connectivity index (χ0v) is 16.5. The zero-order chi connectivity index (χ0) is 19.4. The number of carbonyl (C=O) groups excluding carboxylic acids is 2. The molecule has 1 saturated heterocycles. The lowest BCUT2D eigenvalue weighted by atomic mass is 9.92. The maximum atomic E-state index is 13.0. The maximum absolute atomic E-state index is 13.0. The molecule has 1 aromatic carbocycles. The van der Waals surface area contributed by atoms with Crippen LogP contribution in [-0.4, -0.2) is 45.3 Å². The quantitative estimate of drug-likeness (QED) is 0.854. The highest BCUT2D eigenvalue weighted by Crippen LogP contribution is 2.27. The molecule has 2 amide bonds. The second-order valence-corrected chi connectivity index (χ2v) is 9.25. The van der Waals surface area contributed by atoms with Crippen LogP contribution in [0.2, 0.25) is 0 Å². The molecular formula is C20H27FN2O3S. The molecule has 0 aromatic heterocycles. The SMILES string of the molecule is CC(=O)N1CCC(C(=O)NC2CCC(S(=O)c3ccc(F)cc3)CC2)CC1. The van der Waals surface area contributed by atoms with Crippen LogP contribution < -0.4 is 5.32 Å². The molecule has 1 aliphatic heterocycles. The Morgan fingerprint density at radius 2 is 1.63 bits per heavy atom. The molecule has 2 aliphatic rings. The minimum Gasteiger partial charge on any atom is -0.353 e. The van der Waals surface area contributed by atoms with Crippen LogP contribution in [0.15, 0.2) is 29.2 Å². The van der Waals surface area contributed by atoms with E-state index in [2.05, 4.69) is 5.32 Å². The first-order chi connectivity index (χ1) is 12.9. The van der Waals surface area contributed by atoms with Gasteiger partial charge in [0.1, 0.15) is 5.82 Å². The number of piperidine rings is 1. The number of hydrogen-bond donors (Lipinski definition) is 1. The normalized spacial score (nSPS) is 25.0. The molecule has 2 fully saturated rings. The number of halogens is 1. The first kappa shape index (κ1) is 20.0. The second-order valence-electron chi connectivity index (χ2n) is 7.51. The van der Waals surface area contributed by atoms with Gasteiger partial charge in [-0.15, -0.1) is 0 Å². The van der Waals surface area contributed by atoms with E-state index in [1.807, 2.05) is 0 Å². The molecule has 27 heavy (non-hydrogen) atoms. The molecule has 0 bridgehead atoms. The Morgan fingerprint density at radius 3 is 2.19 bits per heavy atom. The third-order valence-electron chi connectivity index (χ3n) is 5.68. The Balaban J connectivity index is 1.44. The molecule has 1 saturated carbocycles. The zero-order valence-electron chi connectivity index (χ0n) is 15.7. The predicted molar refractivity (Wildman–Crippen MR) is 102 cm³/mol. The number of likely N-dealkylation sites (tertiary alicyclic amines) is 1. The number of benzene rings is 1. The van der Waals surface area contributed by atoms with Gasteiger partial charge in [0.05, 0.1) is 10.8 Å². The van der Waals surface area contributed by atoms with Crippen molar-refractivity contribution in [2.45, 2.75) is 61.6 Å². The van der Waals surface area contributed by atoms with E-state index in [1.165, 1.54) is 12.1 Å². The van der Waals surface area contributed by atoms with Crippen LogP contribution in [0.4, 0.5) is 4.39 Å². The van der Waals surface area contributed by atoms with Gasteiger partial charge in [0.25, 0.3) is 0 Å². The number of carbonyl (C=O) groups is 2. The summed E-state index contributed by atoms with van der Waals surface area (Å²) < 4.78 is 25.7. The lowest BCUT2D eigenvalue weighted by molar-refractivity contribution is -0.134. The Kier molecular flexibility index (Phi) is 6.63. The minimum absolute atomic E-state index is 0.0216. The van der Waals surface area contributed by atoms with Gasteiger partial charge in [0.2, 0.25) is 11.8 Å². The predicted octanol–water partition coefficient (Wildman–Crippen LogP) is 2.62. The van der Waals surface area contributed by atoms with E-state index in [-0.39, 0.29) is 34.8 Å². The summed E-state index contributed by atoms with van der Waals surface area (Å²) in [7, 11) is -1.14. The minimum atomic E-state index is -1.14. The largest absolute Gasteiger partial charge is 0.353 e. The summed E-state index contributed by atoms with van der Waals surface area (Å²) in [4.78, 5) is 26.3. The summed E-state index contributed by atoms with van der Waals surface area (Å²) in [6.07, 6.45) is 4.64. The van der Waals surface area contributed by atoms with Crippen molar-refractivity contribution >= 4 is 22.6 Å². The lowest BCUT2D eigenvalue weighted by Crippen LogP contribution is -2.46. The number of nitrogens with one attached hydrogen (secondary N) is 1. The van der Waals surface area contributed by atoms with Gasteiger partial charge in [-0.25, -0.2) is 4.39 Å². The molecule has 1 aliphatic carbocycles. The molecule has 0 spiro atoms. The monoisotopic (exact) mass is 394 g/mol. The summed E-state index contributed by atoms with van der Waals surface area (Å²) >= 11 is 0. The number of amides is 2. The lowest BCUT2D eigenvalue weighted by Gasteiger charge is -2.33. The maximum Gasteiger partial charge on any atom is 0.223 e. The van der Waals surface area contributed by atoms with Crippen LogP contribution in [0.5, 0.6) is 0 Å². The molecule has 1 aromatic rings. The average Bonchev–Trinajstić information content (AvgIpc) is 2.68. The van der Waals surface area contributed by atoms with E-state index in [1.54, 1.807) is 24.0 Å².